The minimum absolute atomic E-state index is 0.196. The third-order valence-corrected chi connectivity index (χ3v) is 4.00. The molecule has 0 amide bonds. The molecular weight excluding hydrogens is 222 g/mol. The summed E-state index contributed by atoms with van der Waals surface area (Å²) in [5.74, 6) is 3.22. The average Bonchev–Trinajstić information content (AvgIpc) is 2.33. The monoisotopic (exact) mass is 239 g/mol. The van der Waals surface area contributed by atoms with Gasteiger partial charge in [0, 0.05) is 24.8 Å². The largest absolute Gasteiger partial charge is 0.338 e. The molecule has 1 aliphatic heterocycles. The van der Waals surface area contributed by atoms with Crippen molar-refractivity contribution in [1.29, 1.82) is 0 Å². The van der Waals surface area contributed by atoms with E-state index < -0.39 is 0 Å². The minimum atomic E-state index is -0.196. The van der Waals surface area contributed by atoms with Crippen LogP contribution in [0.1, 0.15) is 18.4 Å². The van der Waals surface area contributed by atoms with Crippen LogP contribution in [-0.4, -0.2) is 21.1 Å². The second-order valence-electron chi connectivity index (χ2n) is 4.16. The quantitative estimate of drug-likeness (QED) is 0.849. The van der Waals surface area contributed by atoms with Crippen molar-refractivity contribution in [1.82, 2.24) is 9.55 Å². The molecule has 5 heteroatoms. The number of hydrogen-bond donors (Lipinski definition) is 1. The highest BCUT2D eigenvalue weighted by Gasteiger charge is 2.14. The SMILES string of the molecule is NCc1cn(CC2CCSCC2)cnc1=O. The molecule has 0 aliphatic carbocycles. The van der Waals surface area contributed by atoms with Crippen LogP contribution in [0.5, 0.6) is 0 Å². The topological polar surface area (TPSA) is 60.9 Å². The zero-order chi connectivity index (χ0) is 11.4. The summed E-state index contributed by atoms with van der Waals surface area (Å²) in [4.78, 5) is 15.1. The maximum absolute atomic E-state index is 11.3. The fourth-order valence-corrected chi connectivity index (χ4v) is 3.17. The van der Waals surface area contributed by atoms with Crippen molar-refractivity contribution >= 4 is 11.8 Å². The van der Waals surface area contributed by atoms with E-state index in [1.165, 1.54) is 24.3 Å². The van der Waals surface area contributed by atoms with Crippen molar-refractivity contribution in [3.63, 3.8) is 0 Å². The molecule has 1 saturated heterocycles. The molecule has 2 rings (SSSR count). The Bertz CT molecular complexity index is 398. The van der Waals surface area contributed by atoms with E-state index in [1.54, 1.807) is 6.33 Å². The molecule has 0 saturated carbocycles. The smallest absolute Gasteiger partial charge is 0.277 e. The second-order valence-corrected chi connectivity index (χ2v) is 5.39. The van der Waals surface area contributed by atoms with E-state index in [1.807, 2.05) is 22.5 Å². The number of hydrogen-bond acceptors (Lipinski definition) is 4. The Morgan fingerprint density at radius 3 is 2.94 bits per heavy atom. The number of aromatic nitrogens is 2. The van der Waals surface area contributed by atoms with Crippen molar-refractivity contribution in [2.75, 3.05) is 11.5 Å². The molecular formula is C11H17N3OS. The van der Waals surface area contributed by atoms with Gasteiger partial charge in [-0.2, -0.15) is 16.7 Å². The molecule has 0 aromatic carbocycles. The van der Waals surface area contributed by atoms with Crippen molar-refractivity contribution in [3.05, 3.63) is 28.4 Å². The van der Waals surface area contributed by atoms with Crippen molar-refractivity contribution < 1.29 is 0 Å². The Labute approximate surface area is 99.3 Å². The molecule has 4 nitrogen and oxygen atoms in total. The first-order valence-electron chi connectivity index (χ1n) is 5.62. The van der Waals surface area contributed by atoms with Gasteiger partial charge in [-0.3, -0.25) is 4.79 Å². The highest BCUT2D eigenvalue weighted by molar-refractivity contribution is 7.99. The highest BCUT2D eigenvalue weighted by atomic mass is 32.2. The minimum Gasteiger partial charge on any atom is -0.338 e. The Morgan fingerprint density at radius 1 is 1.50 bits per heavy atom. The van der Waals surface area contributed by atoms with Crippen LogP contribution in [-0.2, 0) is 13.1 Å². The summed E-state index contributed by atoms with van der Waals surface area (Å²) < 4.78 is 2.00. The predicted octanol–water partition coefficient (Wildman–Crippen LogP) is 0.845. The van der Waals surface area contributed by atoms with Crippen molar-refractivity contribution in [2.45, 2.75) is 25.9 Å². The molecule has 0 spiro atoms. The van der Waals surface area contributed by atoms with E-state index >= 15 is 0 Å². The van der Waals surface area contributed by atoms with Gasteiger partial charge in [0.25, 0.3) is 5.56 Å². The lowest BCUT2D eigenvalue weighted by Gasteiger charge is -2.22. The van der Waals surface area contributed by atoms with Crippen LogP contribution in [0, 0.1) is 5.92 Å². The average molecular weight is 239 g/mol. The van der Waals surface area contributed by atoms with Crippen LogP contribution >= 0.6 is 11.8 Å². The van der Waals surface area contributed by atoms with Gasteiger partial charge < -0.3 is 10.3 Å². The lowest BCUT2D eigenvalue weighted by Crippen LogP contribution is -2.22. The molecule has 16 heavy (non-hydrogen) atoms. The number of thioether (sulfide) groups is 1. The molecule has 0 radical (unpaired) electrons. The van der Waals surface area contributed by atoms with Gasteiger partial charge in [-0.05, 0) is 30.3 Å². The van der Waals surface area contributed by atoms with Crippen LogP contribution in [0.2, 0.25) is 0 Å². The Morgan fingerprint density at radius 2 is 2.25 bits per heavy atom. The molecule has 2 heterocycles. The third kappa shape index (κ3) is 2.86. The molecule has 0 atom stereocenters. The Kier molecular flexibility index (Phi) is 4.01. The molecule has 0 unspecified atom stereocenters. The molecule has 1 fully saturated rings. The maximum atomic E-state index is 11.3. The zero-order valence-electron chi connectivity index (χ0n) is 9.26. The van der Waals surface area contributed by atoms with Crippen LogP contribution < -0.4 is 11.3 Å². The first-order chi connectivity index (χ1) is 7.79. The number of nitrogens with two attached hydrogens (primary N) is 1. The van der Waals surface area contributed by atoms with E-state index in [9.17, 15) is 4.79 Å². The molecule has 1 aromatic heterocycles. The first-order valence-corrected chi connectivity index (χ1v) is 6.78. The molecule has 1 aromatic rings. The standard InChI is InChI=1S/C11H17N3OS/c12-5-10-7-14(8-13-11(10)15)6-9-1-3-16-4-2-9/h7-9H,1-6,12H2. The van der Waals surface area contributed by atoms with Crippen LogP contribution in [0.15, 0.2) is 17.3 Å². The van der Waals surface area contributed by atoms with Gasteiger partial charge in [0.1, 0.15) is 0 Å². The van der Waals surface area contributed by atoms with Gasteiger partial charge in [-0.1, -0.05) is 0 Å². The van der Waals surface area contributed by atoms with Crippen LogP contribution in [0.25, 0.3) is 0 Å². The van der Waals surface area contributed by atoms with Crippen molar-refractivity contribution in [2.24, 2.45) is 11.7 Å². The van der Waals surface area contributed by atoms with Crippen LogP contribution in [0.4, 0.5) is 0 Å². The third-order valence-electron chi connectivity index (χ3n) is 2.95. The molecule has 1 aliphatic rings. The normalized spacial score (nSPS) is 17.6. The fraction of sp³-hybridized carbons (Fsp3) is 0.636. The summed E-state index contributed by atoms with van der Waals surface area (Å²) >= 11 is 2.02. The summed E-state index contributed by atoms with van der Waals surface area (Å²) in [5, 5.41) is 0. The van der Waals surface area contributed by atoms with Gasteiger partial charge in [0.05, 0.1) is 6.33 Å². The predicted molar refractivity (Wildman–Crippen MR) is 66.4 cm³/mol. The fourth-order valence-electron chi connectivity index (χ4n) is 1.97. The summed E-state index contributed by atoms with van der Waals surface area (Å²) in [5.41, 5.74) is 5.90. The molecule has 88 valence electrons. The van der Waals surface area contributed by atoms with E-state index in [2.05, 4.69) is 4.98 Å². The lowest BCUT2D eigenvalue weighted by atomic mass is 10.0. The van der Waals surface area contributed by atoms with E-state index in [-0.39, 0.29) is 12.1 Å². The summed E-state index contributed by atoms with van der Waals surface area (Å²) in [7, 11) is 0. The van der Waals surface area contributed by atoms with Gasteiger partial charge in [0.15, 0.2) is 0 Å². The number of nitrogens with zero attached hydrogens (tertiary/aromatic N) is 2. The first kappa shape index (κ1) is 11.7. The van der Waals surface area contributed by atoms with Gasteiger partial charge in [-0.15, -0.1) is 0 Å². The van der Waals surface area contributed by atoms with E-state index in [0.29, 0.717) is 5.56 Å². The lowest BCUT2D eigenvalue weighted by molar-refractivity contribution is 0.411. The van der Waals surface area contributed by atoms with Gasteiger partial charge >= 0.3 is 0 Å². The Hall–Kier alpha value is -0.810. The van der Waals surface area contributed by atoms with Gasteiger partial charge in [-0.25, -0.2) is 0 Å². The van der Waals surface area contributed by atoms with Crippen molar-refractivity contribution in [3.8, 4) is 0 Å². The van der Waals surface area contributed by atoms with E-state index in [4.69, 9.17) is 5.73 Å². The molecule has 0 bridgehead atoms. The van der Waals surface area contributed by atoms with E-state index in [0.717, 1.165) is 12.5 Å². The van der Waals surface area contributed by atoms with Gasteiger partial charge in [0.2, 0.25) is 0 Å². The molecule has 2 N–H and O–H groups in total. The summed E-state index contributed by atoms with van der Waals surface area (Å²) in [6, 6.07) is 0. The summed E-state index contributed by atoms with van der Waals surface area (Å²) in [6.07, 6.45) is 5.99. The summed E-state index contributed by atoms with van der Waals surface area (Å²) in [6.45, 7) is 1.23. The maximum Gasteiger partial charge on any atom is 0.277 e. The second kappa shape index (κ2) is 5.50. The highest BCUT2D eigenvalue weighted by Crippen LogP contribution is 2.23. The zero-order valence-corrected chi connectivity index (χ0v) is 10.1. The number of rotatable bonds is 3. The Balaban J connectivity index is 2.06. The van der Waals surface area contributed by atoms with Crippen LogP contribution in [0.3, 0.4) is 0 Å².